The fourth-order valence-corrected chi connectivity index (χ4v) is 3.48. The van der Waals surface area contributed by atoms with Gasteiger partial charge in [-0.2, -0.15) is 5.26 Å². The highest BCUT2D eigenvalue weighted by atomic mass is 16.5. The van der Waals surface area contributed by atoms with Crippen LogP contribution in [0, 0.1) is 11.3 Å². The summed E-state index contributed by atoms with van der Waals surface area (Å²) in [7, 11) is 0. The van der Waals surface area contributed by atoms with Crippen molar-refractivity contribution < 1.29 is 4.74 Å². The van der Waals surface area contributed by atoms with Crippen molar-refractivity contribution in [3.05, 3.63) is 35.3 Å². The molecule has 0 N–H and O–H groups in total. The first-order valence-corrected chi connectivity index (χ1v) is 8.34. The fraction of sp³-hybridized carbons (Fsp3) is 0.529. The Labute approximate surface area is 140 Å². The van der Waals surface area contributed by atoms with Gasteiger partial charge >= 0.3 is 0 Å². The van der Waals surface area contributed by atoms with E-state index < -0.39 is 0 Å². The molecule has 1 fully saturated rings. The molecule has 0 unspecified atom stereocenters. The first-order valence-electron chi connectivity index (χ1n) is 8.34. The van der Waals surface area contributed by atoms with Crippen LogP contribution in [-0.2, 0) is 11.3 Å². The average molecular weight is 324 g/mol. The lowest BCUT2D eigenvalue weighted by Gasteiger charge is -2.41. The molecule has 0 spiro atoms. The predicted octanol–water partition coefficient (Wildman–Crippen LogP) is 2.02. The smallest absolute Gasteiger partial charge is 0.146 e. The van der Waals surface area contributed by atoms with E-state index in [0.29, 0.717) is 18.1 Å². The fourth-order valence-electron chi connectivity index (χ4n) is 3.48. The molecule has 2 aromatic rings. The number of nitriles is 1. The Morgan fingerprint density at radius 3 is 3.04 bits per heavy atom. The highest BCUT2D eigenvalue weighted by Crippen LogP contribution is 2.33. The van der Waals surface area contributed by atoms with Gasteiger partial charge in [-0.25, -0.2) is 9.67 Å². The third-order valence-corrected chi connectivity index (χ3v) is 4.84. The van der Waals surface area contributed by atoms with Gasteiger partial charge in [0.05, 0.1) is 36.2 Å². The molecule has 0 saturated carbocycles. The normalized spacial score (nSPS) is 22.8. The standard InChI is InChI=1S/C17H20N6O/c1-11(2)14-4-3-12(7-18)17(20-14)22-6-5-16-15(9-22)23-13(10-24-16)8-19-21-23/h3-4,8,11,15-16H,5-6,9-10H2,1-2H3/t15-,16-/m1/s1. The third kappa shape index (κ3) is 2.43. The second kappa shape index (κ2) is 5.87. The Morgan fingerprint density at radius 2 is 2.25 bits per heavy atom. The number of pyridine rings is 1. The van der Waals surface area contributed by atoms with Crippen LogP contribution in [0.25, 0.3) is 0 Å². The molecule has 0 bridgehead atoms. The van der Waals surface area contributed by atoms with Gasteiger partial charge in [0.2, 0.25) is 0 Å². The summed E-state index contributed by atoms with van der Waals surface area (Å²) in [6.45, 7) is 6.35. The summed E-state index contributed by atoms with van der Waals surface area (Å²) in [5.74, 6) is 1.10. The molecule has 24 heavy (non-hydrogen) atoms. The molecule has 2 aliphatic rings. The number of aromatic nitrogens is 4. The van der Waals surface area contributed by atoms with E-state index in [4.69, 9.17) is 9.72 Å². The van der Waals surface area contributed by atoms with Gasteiger partial charge in [0.1, 0.15) is 11.9 Å². The molecule has 0 aliphatic carbocycles. The van der Waals surface area contributed by atoms with Crippen LogP contribution in [0.15, 0.2) is 18.3 Å². The Kier molecular flexibility index (Phi) is 3.69. The van der Waals surface area contributed by atoms with Gasteiger partial charge in [0.25, 0.3) is 0 Å². The molecule has 2 aromatic heterocycles. The lowest BCUT2D eigenvalue weighted by atomic mass is 9.99. The summed E-state index contributed by atoms with van der Waals surface area (Å²) in [5, 5.41) is 17.7. The van der Waals surface area contributed by atoms with Crippen LogP contribution in [-0.4, -0.2) is 39.2 Å². The number of ether oxygens (including phenoxy) is 1. The van der Waals surface area contributed by atoms with Gasteiger partial charge in [-0.1, -0.05) is 19.1 Å². The van der Waals surface area contributed by atoms with Crippen molar-refractivity contribution in [1.82, 2.24) is 20.0 Å². The van der Waals surface area contributed by atoms with E-state index in [9.17, 15) is 5.26 Å². The van der Waals surface area contributed by atoms with Gasteiger partial charge in [-0.15, -0.1) is 5.10 Å². The number of anilines is 1. The molecule has 2 atom stereocenters. The number of rotatable bonds is 2. The molecule has 7 nitrogen and oxygen atoms in total. The summed E-state index contributed by atoms with van der Waals surface area (Å²) in [5.41, 5.74) is 2.63. The summed E-state index contributed by atoms with van der Waals surface area (Å²) in [4.78, 5) is 6.95. The van der Waals surface area contributed by atoms with E-state index in [1.54, 1.807) is 6.20 Å². The zero-order valence-corrected chi connectivity index (χ0v) is 13.9. The number of fused-ring (bicyclic) bond motifs is 3. The molecule has 7 heteroatoms. The predicted molar refractivity (Wildman–Crippen MR) is 87.5 cm³/mol. The van der Waals surface area contributed by atoms with Crippen LogP contribution >= 0.6 is 0 Å². The van der Waals surface area contributed by atoms with E-state index in [1.807, 2.05) is 16.8 Å². The number of nitrogens with zero attached hydrogens (tertiary/aromatic N) is 6. The average Bonchev–Trinajstić information content (AvgIpc) is 3.09. The first-order chi connectivity index (χ1) is 11.7. The van der Waals surface area contributed by atoms with E-state index in [2.05, 4.69) is 35.1 Å². The maximum absolute atomic E-state index is 9.47. The van der Waals surface area contributed by atoms with Crippen molar-refractivity contribution >= 4 is 5.82 Å². The molecule has 0 amide bonds. The highest BCUT2D eigenvalue weighted by Gasteiger charge is 2.37. The minimum Gasteiger partial charge on any atom is -0.370 e. The Morgan fingerprint density at radius 1 is 1.38 bits per heavy atom. The third-order valence-electron chi connectivity index (χ3n) is 4.84. The van der Waals surface area contributed by atoms with Crippen LogP contribution in [0.3, 0.4) is 0 Å². The summed E-state index contributed by atoms with van der Waals surface area (Å²) in [6.07, 6.45) is 2.80. The lowest BCUT2D eigenvalue weighted by Crippen LogP contribution is -2.48. The van der Waals surface area contributed by atoms with Gasteiger partial charge in [-0.3, -0.25) is 0 Å². The largest absolute Gasteiger partial charge is 0.370 e. The van der Waals surface area contributed by atoms with E-state index in [-0.39, 0.29) is 12.1 Å². The zero-order valence-electron chi connectivity index (χ0n) is 13.9. The van der Waals surface area contributed by atoms with E-state index in [0.717, 1.165) is 36.7 Å². The molecule has 0 radical (unpaired) electrons. The van der Waals surface area contributed by atoms with Crippen LogP contribution in [0.1, 0.15) is 49.2 Å². The van der Waals surface area contributed by atoms with Gasteiger partial charge < -0.3 is 9.64 Å². The van der Waals surface area contributed by atoms with Crippen molar-refractivity contribution in [3.8, 4) is 6.07 Å². The van der Waals surface area contributed by atoms with Gasteiger partial charge in [0, 0.05) is 18.8 Å². The van der Waals surface area contributed by atoms with Crippen LogP contribution in [0.4, 0.5) is 5.82 Å². The monoisotopic (exact) mass is 324 g/mol. The van der Waals surface area contributed by atoms with Crippen molar-refractivity contribution in [2.45, 2.75) is 44.9 Å². The molecular weight excluding hydrogens is 304 g/mol. The van der Waals surface area contributed by atoms with Gasteiger partial charge in [0.15, 0.2) is 0 Å². The quantitative estimate of drug-likeness (QED) is 0.841. The molecule has 2 aliphatic heterocycles. The van der Waals surface area contributed by atoms with E-state index in [1.165, 1.54) is 0 Å². The maximum Gasteiger partial charge on any atom is 0.146 e. The van der Waals surface area contributed by atoms with Gasteiger partial charge in [-0.05, 0) is 24.5 Å². The van der Waals surface area contributed by atoms with Crippen molar-refractivity contribution in [2.24, 2.45) is 0 Å². The molecule has 0 aromatic carbocycles. The Bertz CT molecular complexity index is 793. The zero-order chi connectivity index (χ0) is 16.7. The molecule has 124 valence electrons. The Balaban J connectivity index is 1.67. The van der Waals surface area contributed by atoms with Crippen molar-refractivity contribution in [1.29, 1.82) is 5.26 Å². The molecule has 1 saturated heterocycles. The minimum atomic E-state index is 0.112. The topological polar surface area (TPSA) is 79.9 Å². The summed E-state index contributed by atoms with van der Waals surface area (Å²) < 4.78 is 7.93. The second-order valence-electron chi connectivity index (χ2n) is 6.70. The number of piperidine rings is 1. The lowest BCUT2D eigenvalue weighted by molar-refractivity contribution is -0.0373. The van der Waals surface area contributed by atoms with Crippen LogP contribution in [0.5, 0.6) is 0 Å². The highest BCUT2D eigenvalue weighted by molar-refractivity contribution is 5.55. The molecule has 4 heterocycles. The van der Waals surface area contributed by atoms with Crippen molar-refractivity contribution in [3.63, 3.8) is 0 Å². The van der Waals surface area contributed by atoms with E-state index >= 15 is 0 Å². The Hall–Kier alpha value is -2.46. The minimum absolute atomic E-state index is 0.112. The second-order valence-corrected chi connectivity index (χ2v) is 6.70. The molecule has 4 rings (SSSR count). The summed E-state index contributed by atoms with van der Waals surface area (Å²) in [6, 6.07) is 6.21. The van der Waals surface area contributed by atoms with Crippen molar-refractivity contribution in [2.75, 3.05) is 18.0 Å². The SMILES string of the molecule is CC(C)c1ccc(C#N)c(N2CC[C@H]3OCc4cnnn4[C@@H]3C2)n1. The molecular formula is C17H20N6O. The maximum atomic E-state index is 9.47. The number of hydrogen-bond donors (Lipinski definition) is 0. The first kappa shape index (κ1) is 15.1. The number of hydrogen-bond acceptors (Lipinski definition) is 6. The van der Waals surface area contributed by atoms with Crippen LogP contribution < -0.4 is 4.90 Å². The summed E-state index contributed by atoms with van der Waals surface area (Å²) >= 11 is 0. The van der Waals surface area contributed by atoms with Crippen LogP contribution in [0.2, 0.25) is 0 Å².